The third-order valence-corrected chi connectivity index (χ3v) is 7.89. The highest BCUT2D eigenvalue weighted by atomic mass is 35.5. The Kier molecular flexibility index (Phi) is 4.60. The minimum Gasteiger partial charge on any atom is -0.485 e. The minimum absolute atomic E-state index is 0.124. The molecular weight excluding hydrogens is 448 g/mol. The molecule has 10 heteroatoms. The number of pyridine rings is 1. The molecule has 1 fully saturated rings. The van der Waals surface area contributed by atoms with Crippen LogP contribution in [-0.2, 0) is 0 Å². The van der Waals surface area contributed by atoms with Crippen LogP contribution in [0.4, 0.5) is 11.6 Å². The lowest BCUT2D eigenvalue weighted by Crippen LogP contribution is -2.58. The number of para-hydroxylation sites is 1. The van der Waals surface area contributed by atoms with Crippen molar-refractivity contribution < 1.29 is 9.47 Å². The monoisotopic (exact) mass is 468 g/mol. The molecular formula is C22H21ClN6O2S. The van der Waals surface area contributed by atoms with Gasteiger partial charge in [-0.1, -0.05) is 41.6 Å². The first-order valence-electron chi connectivity index (χ1n) is 10.4. The number of piperidine rings is 1. The zero-order chi connectivity index (χ0) is 21.9. The summed E-state index contributed by atoms with van der Waals surface area (Å²) in [5.74, 6) is 2.46. The molecule has 0 amide bonds. The predicted octanol–water partition coefficient (Wildman–Crippen LogP) is 3.45. The van der Waals surface area contributed by atoms with Gasteiger partial charge >= 0.3 is 0 Å². The van der Waals surface area contributed by atoms with Crippen molar-refractivity contribution in [3.05, 3.63) is 53.3 Å². The van der Waals surface area contributed by atoms with E-state index in [-0.39, 0.29) is 12.1 Å². The Hall–Kier alpha value is -2.75. The fraction of sp³-hybridized carbons (Fsp3) is 0.318. The van der Waals surface area contributed by atoms with Gasteiger partial charge in [-0.2, -0.15) is 0 Å². The number of anilines is 2. The average Bonchev–Trinajstić information content (AvgIpc) is 3.07. The number of fused-ring (bicyclic) bond motifs is 4. The van der Waals surface area contributed by atoms with Crippen LogP contribution in [0.25, 0.3) is 0 Å². The van der Waals surface area contributed by atoms with Gasteiger partial charge in [-0.3, -0.25) is 0 Å². The maximum Gasteiger partial charge on any atom is 0.258 e. The number of ether oxygens (including phenoxy) is 2. The molecule has 3 aromatic rings. The molecule has 8 nitrogen and oxygen atoms in total. The normalized spacial score (nSPS) is 25.5. The zero-order valence-corrected chi connectivity index (χ0v) is 18.6. The smallest absolute Gasteiger partial charge is 0.258 e. The molecule has 164 valence electrons. The van der Waals surface area contributed by atoms with Crippen LogP contribution >= 0.6 is 23.4 Å². The fourth-order valence-electron chi connectivity index (χ4n) is 4.80. The van der Waals surface area contributed by atoms with Gasteiger partial charge < -0.3 is 25.8 Å². The number of benzene rings is 1. The van der Waals surface area contributed by atoms with Crippen LogP contribution in [0, 0.1) is 0 Å². The highest BCUT2D eigenvalue weighted by Gasteiger charge is 2.52. The van der Waals surface area contributed by atoms with Gasteiger partial charge in [-0.05, 0) is 12.1 Å². The van der Waals surface area contributed by atoms with E-state index in [1.165, 1.54) is 11.8 Å². The van der Waals surface area contributed by atoms with Crippen molar-refractivity contribution >= 4 is 35.0 Å². The number of nitrogens with zero attached hydrogens (tertiary/aromatic N) is 4. The van der Waals surface area contributed by atoms with Gasteiger partial charge in [0.1, 0.15) is 28.8 Å². The molecule has 3 aliphatic heterocycles. The van der Waals surface area contributed by atoms with Gasteiger partial charge in [-0.25, -0.2) is 15.0 Å². The van der Waals surface area contributed by atoms with Gasteiger partial charge in [0.05, 0.1) is 23.3 Å². The van der Waals surface area contributed by atoms with Gasteiger partial charge in [0.15, 0.2) is 5.82 Å². The SMILES string of the molecule is Nc1nccc(Sc2cnc3c(n2)OC[C@H]2C[C@@]4(CCN32)Oc2ccccc2[C@@H]4N)c1Cl. The summed E-state index contributed by atoms with van der Waals surface area (Å²) in [5.41, 5.74) is 13.1. The van der Waals surface area contributed by atoms with Crippen molar-refractivity contribution in [3.8, 4) is 11.6 Å². The van der Waals surface area contributed by atoms with E-state index in [1.807, 2.05) is 18.2 Å². The Bertz CT molecular complexity index is 1210. The Morgan fingerprint density at radius 1 is 1.22 bits per heavy atom. The molecule has 1 spiro atoms. The van der Waals surface area contributed by atoms with Gasteiger partial charge in [0.25, 0.3) is 5.88 Å². The van der Waals surface area contributed by atoms with E-state index in [0.29, 0.717) is 28.4 Å². The summed E-state index contributed by atoms with van der Waals surface area (Å²) in [7, 11) is 0. The largest absolute Gasteiger partial charge is 0.485 e. The molecule has 0 saturated carbocycles. The fourth-order valence-corrected chi connectivity index (χ4v) is 5.81. The summed E-state index contributed by atoms with van der Waals surface area (Å²) < 4.78 is 12.5. The van der Waals surface area contributed by atoms with Gasteiger partial charge in [0.2, 0.25) is 0 Å². The summed E-state index contributed by atoms with van der Waals surface area (Å²) in [4.78, 5) is 16.4. The van der Waals surface area contributed by atoms with Crippen molar-refractivity contribution in [2.24, 2.45) is 5.73 Å². The third kappa shape index (κ3) is 3.07. The molecule has 1 saturated heterocycles. The second-order valence-electron chi connectivity index (χ2n) is 8.24. The topological polar surface area (TPSA) is 112 Å². The molecule has 0 bridgehead atoms. The Morgan fingerprint density at radius 3 is 2.97 bits per heavy atom. The number of nitrogens with two attached hydrogens (primary N) is 2. The predicted molar refractivity (Wildman–Crippen MR) is 122 cm³/mol. The van der Waals surface area contributed by atoms with Crippen LogP contribution in [0.2, 0.25) is 5.02 Å². The summed E-state index contributed by atoms with van der Waals surface area (Å²) in [6.45, 7) is 1.28. The van der Waals surface area contributed by atoms with Crippen LogP contribution in [0.3, 0.4) is 0 Å². The highest BCUT2D eigenvalue weighted by molar-refractivity contribution is 7.99. The van der Waals surface area contributed by atoms with Crippen molar-refractivity contribution in [2.75, 3.05) is 23.8 Å². The van der Waals surface area contributed by atoms with Crippen molar-refractivity contribution in [1.29, 1.82) is 0 Å². The van der Waals surface area contributed by atoms with E-state index in [9.17, 15) is 0 Å². The van der Waals surface area contributed by atoms with Crippen molar-refractivity contribution in [1.82, 2.24) is 15.0 Å². The number of aromatic nitrogens is 3. The maximum absolute atomic E-state index is 6.65. The third-order valence-electron chi connectivity index (χ3n) is 6.41. The van der Waals surface area contributed by atoms with Crippen LogP contribution in [0.1, 0.15) is 24.4 Å². The lowest BCUT2D eigenvalue weighted by atomic mass is 9.79. The van der Waals surface area contributed by atoms with Crippen LogP contribution in [-0.4, -0.2) is 39.7 Å². The first-order valence-corrected chi connectivity index (χ1v) is 11.6. The number of nitrogen functional groups attached to an aromatic ring is 1. The first-order chi connectivity index (χ1) is 15.5. The van der Waals surface area contributed by atoms with Crippen molar-refractivity contribution in [2.45, 2.75) is 40.4 Å². The second-order valence-corrected chi connectivity index (χ2v) is 9.68. The minimum atomic E-state index is -0.410. The summed E-state index contributed by atoms with van der Waals surface area (Å²) in [5, 5.41) is 1.09. The van der Waals surface area contributed by atoms with Gasteiger partial charge in [0, 0.05) is 36.0 Å². The first kappa shape index (κ1) is 19.9. The average molecular weight is 469 g/mol. The number of hydrogen-bond donors (Lipinski definition) is 2. The van der Waals surface area contributed by atoms with Crippen molar-refractivity contribution in [3.63, 3.8) is 0 Å². The highest BCUT2D eigenvalue weighted by Crippen LogP contribution is 2.50. The maximum atomic E-state index is 6.65. The summed E-state index contributed by atoms with van der Waals surface area (Å²) >= 11 is 7.64. The molecule has 0 unspecified atom stereocenters. The lowest BCUT2D eigenvalue weighted by molar-refractivity contribution is 0.0188. The molecule has 2 aromatic heterocycles. The summed E-state index contributed by atoms with van der Waals surface area (Å²) in [6.07, 6.45) is 4.93. The van der Waals surface area contributed by atoms with E-state index >= 15 is 0 Å². The molecule has 6 rings (SSSR count). The molecule has 3 aliphatic rings. The van der Waals surface area contributed by atoms with Crippen LogP contribution in [0.5, 0.6) is 11.6 Å². The molecule has 3 atom stereocenters. The number of rotatable bonds is 2. The zero-order valence-electron chi connectivity index (χ0n) is 17.1. The number of hydrogen-bond acceptors (Lipinski definition) is 9. The molecule has 0 aliphatic carbocycles. The van der Waals surface area contributed by atoms with E-state index in [4.69, 9.17) is 32.5 Å². The molecule has 32 heavy (non-hydrogen) atoms. The van der Waals surface area contributed by atoms with E-state index in [2.05, 4.69) is 25.9 Å². The van der Waals surface area contributed by atoms with E-state index in [1.54, 1.807) is 18.5 Å². The quantitative estimate of drug-likeness (QED) is 0.583. The van der Waals surface area contributed by atoms with Crippen LogP contribution < -0.4 is 25.8 Å². The summed E-state index contributed by atoms with van der Waals surface area (Å²) in [6, 6.07) is 9.82. The Morgan fingerprint density at radius 2 is 2.09 bits per heavy atom. The lowest BCUT2D eigenvalue weighted by Gasteiger charge is -2.48. The molecule has 0 radical (unpaired) electrons. The molecule has 5 heterocycles. The molecule has 1 aromatic carbocycles. The van der Waals surface area contributed by atoms with Gasteiger partial charge in [-0.15, -0.1) is 0 Å². The number of halogens is 1. The Balaban J connectivity index is 1.23. The Labute approximate surface area is 194 Å². The molecule has 4 N–H and O–H groups in total. The van der Waals surface area contributed by atoms with E-state index in [0.717, 1.165) is 41.4 Å². The van der Waals surface area contributed by atoms with E-state index < -0.39 is 5.60 Å². The standard InChI is InChI=1S/C22H21ClN6O2S/c23-17-15(5-7-26-19(17)25)32-16-10-27-20-21(28-16)30-11-12-9-22(6-8-29(12)20)18(24)13-3-1-2-4-14(13)31-22/h1-5,7,10,12,18H,6,8-9,11,24H2,(H2,25,26)/t12-,18+,22-/m1/s1. The second kappa shape index (κ2) is 7.40. The van der Waals surface area contributed by atoms with Crippen LogP contribution in [0.15, 0.2) is 52.6 Å².